The Morgan fingerprint density at radius 2 is 2.11 bits per heavy atom. The van der Waals surface area contributed by atoms with E-state index in [1.54, 1.807) is 0 Å². The van der Waals surface area contributed by atoms with Crippen molar-refractivity contribution in [3.8, 4) is 5.75 Å². The first-order valence-electron chi connectivity index (χ1n) is 4.99. The predicted octanol–water partition coefficient (Wildman–Crippen LogP) is 2.83. The van der Waals surface area contributed by atoms with Crippen LogP contribution in [0.1, 0.15) is 10.5 Å². The fourth-order valence-electron chi connectivity index (χ4n) is 1.35. The Kier molecular flexibility index (Phi) is 3.43. The Morgan fingerprint density at radius 1 is 1.33 bits per heavy atom. The van der Waals surface area contributed by atoms with E-state index in [1.165, 1.54) is 36.5 Å². The van der Waals surface area contributed by atoms with Gasteiger partial charge < -0.3 is 10.4 Å². The summed E-state index contributed by atoms with van der Waals surface area (Å²) in [6.45, 7) is 0. The van der Waals surface area contributed by atoms with E-state index in [4.69, 9.17) is 11.6 Å². The second-order valence-corrected chi connectivity index (χ2v) is 3.83. The number of aromatic hydroxyl groups is 1. The number of nitrogens with zero attached hydrogens (tertiary/aromatic N) is 1. The van der Waals surface area contributed by atoms with Gasteiger partial charge in [-0.2, -0.15) is 0 Å². The lowest BCUT2D eigenvalue weighted by molar-refractivity contribution is 0.101. The number of hydrogen-bond acceptors (Lipinski definition) is 3. The standard InChI is InChI=1S/C12H8ClFN2O2/c13-7-3-1-4-8(10(7)14)16-12(18)11-9(17)5-2-6-15-11/h1-6,17H,(H,16,18). The molecule has 0 bridgehead atoms. The number of hydrogen-bond donors (Lipinski definition) is 2. The molecule has 18 heavy (non-hydrogen) atoms. The van der Waals surface area contributed by atoms with Gasteiger partial charge in [-0.3, -0.25) is 4.79 Å². The fourth-order valence-corrected chi connectivity index (χ4v) is 1.53. The van der Waals surface area contributed by atoms with Crippen molar-refractivity contribution < 1.29 is 14.3 Å². The van der Waals surface area contributed by atoms with Gasteiger partial charge in [0.25, 0.3) is 5.91 Å². The summed E-state index contributed by atoms with van der Waals surface area (Å²) in [5.74, 6) is -1.73. The smallest absolute Gasteiger partial charge is 0.278 e. The first-order valence-corrected chi connectivity index (χ1v) is 5.36. The van der Waals surface area contributed by atoms with E-state index in [2.05, 4.69) is 10.3 Å². The Hall–Kier alpha value is -2.14. The molecule has 1 heterocycles. The summed E-state index contributed by atoms with van der Waals surface area (Å²) < 4.78 is 13.5. The molecule has 0 aliphatic carbocycles. The third-order valence-electron chi connectivity index (χ3n) is 2.20. The van der Waals surface area contributed by atoms with E-state index in [9.17, 15) is 14.3 Å². The number of halogens is 2. The number of aromatic nitrogens is 1. The van der Waals surface area contributed by atoms with Gasteiger partial charge in [-0.05, 0) is 24.3 Å². The van der Waals surface area contributed by atoms with Crippen LogP contribution in [0.5, 0.6) is 5.75 Å². The SMILES string of the molecule is O=C(Nc1cccc(Cl)c1F)c1ncccc1O. The van der Waals surface area contributed by atoms with E-state index < -0.39 is 11.7 Å². The highest BCUT2D eigenvalue weighted by molar-refractivity contribution is 6.31. The summed E-state index contributed by atoms with van der Waals surface area (Å²) in [5, 5.41) is 11.6. The molecule has 6 heteroatoms. The molecule has 92 valence electrons. The van der Waals surface area contributed by atoms with Crippen LogP contribution in [0.4, 0.5) is 10.1 Å². The molecule has 2 N–H and O–H groups in total. The van der Waals surface area contributed by atoms with Crippen LogP contribution in [0.3, 0.4) is 0 Å². The summed E-state index contributed by atoms with van der Waals surface area (Å²) in [6.07, 6.45) is 1.35. The number of rotatable bonds is 2. The minimum Gasteiger partial charge on any atom is -0.505 e. The monoisotopic (exact) mass is 266 g/mol. The largest absolute Gasteiger partial charge is 0.505 e. The molecular formula is C12H8ClFN2O2. The van der Waals surface area contributed by atoms with Crippen LogP contribution in [-0.4, -0.2) is 16.0 Å². The van der Waals surface area contributed by atoms with Gasteiger partial charge in [0, 0.05) is 6.20 Å². The maximum atomic E-state index is 13.5. The van der Waals surface area contributed by atoms with Gasteiger partial charge in [-0.15, -0.1) is 0 Å². The fraction of sp³-hybridized carbons (Fsp3) is 0. The van der Waals surface area contributed by atoms with E-state index in [-0.39, 0.29) is 22.2 Å². The molecule has 0 unspecified atom stereocenters. The number of nitrogens with one attached hydrogen (secondary N) is 1. The number of anilines is 1. The topological polar surface area (TPSA) is 62.2 Å². The van der Waals surface area contributed by atoms with Crippen LogP contribution in [0.15, 0.2) is 36.5 Å². The summed E-state index contributed by atoms with van der Waals surface area (Å²) in [7, 11) is 0. The Morgan fingerprint density at radius 3 is 2.83 bits per heavy atom. The van der Waals surface area contributed by atoms with Crippen molar-refractivity contribution in [1.82, 2.24) is 4.98 Å². The predicted molar refractivity (Wildman–Crippen MR) is 65.3 cm³/mol. The maximum absolute atomic E-state index is 13.5. The van der Waals surface area contributed by atoms with Crippen molar-refractivity contribution in [3.63, 3.8) is 0 Å². The zero-order chi connectivity index (χ0) is 13.1. The third kappa shape index (κ3) is 2.41. The van der Waals surface area contributed by atoms with Gasteiger partial charge in [-0.1, -0.05) is 17.7 Å². The van der Waals surface area contributed by atoms with Crippen molar-refractivity contribution >= 4 is 23.2 Å². The van der Waals surface area contributed by atoms with Crippen LogP contribution in [0, 0.1) is 5.82 Å². The van der Waals surface area contributed by atoms with Gasteiger partial charge in [0.15, 0.2) is 11.5 Å². The average molecular weight is 267 g/mol. The summed E-state index contributed by atoms with van der Waals surface area (Å²) >= 11 is 5.58. The minimum atomic E-state index is -0.733. The van der Waals surface area contributed by atoms with Crippen LogP contribution < -0.4 is 5.32 Å². The van der Waals surface area contributed by atoms with Crippen LogP contribution in [0.2, 0.25) is 5.02 Å². The summed E-state index contributed by atoms with van der Waals surface area (Å²) in [4.78, 5) is 15.5. The van der Waals surface area contributed by atoms with Gasteiger partial charge in [0.05, 0.1) is 10.7 Å². The molecule has 0 spiro atoms. The second-order valence-electron chi connectivity index (χ2n) is 3.43. The molecular weight excluding hydrogens is 259 g/mol. The lowest BCUT2D eigenvalue weighted by Gasteiger charge is -2.07. The summed E-state index contributed by atoms with van der Waals surface area (Å²) in [6, 6.07) is 7.02. The highest BCUT2D eigenvalue weighted by Gasteiger charge is 2.15. The minimum absolute atomic E-state index is 0.0717. The zero-order valence-corrected chi connectivity index (χ0v) is 9.78. The molecule has 1 aromatic heterocycles. The van der Waals surface area contributed by atoms with E-state index in [0.29, 0.717) is 0 Å². The number of carbonyl (C=O) groups excluding carboxylic acids is 1. The molecule has 0 aliphatic rings. The highest BCUT2D eigenvalue weighted by Crippen LogP contribution is 2.23. The molecule has 4 nitrogen and oxygen atoms in total. The van der Waals surface area contributed by atoms with Crippen LogP contribution >= 0.6 is 11.6 Å². The molecule has 2 rings (SSSR count). The number of pyridine rings is 1. The molecule has 2 aromatic rings. The normalized spacial score (nSPS) is 10.1. The number of carbonyl (C=O) groups is 1. The van der Waals surface area contributed by atoms with Crippen molar-refractivity contribution in [2.24, 2.45) is 0 Å². The second kappa shape index (κ2) is 5.01. The van der Waals surface area contributed by atoms with Gasteiger partial charge in [-0.25, -0.2) is 9.37 Å². The summed E-state index contributed by atoms with van der Waals surface area (Å²) in [5.41, 5.74) is -0.255. The average Bonchev–Trinajstić information content (AvgIpc) is 2.35. The highest BCUT2D eigenvalue weighted by atomic mass is 35.5. The Balaban J connectivity index is 2.27. The van der Waals surface area contributed by atoms with Crippen molar-refractivity contribution in [3.05, 3.63) is 53.1 Å². The van der Waals surface area contributed by atoms with Crippen molar-refractivity contribution in [2.75, 3.05) is 5.32 Å². The lowest BCUT2D eigenvalue weighted by atomic mass is 10.2. The van der Waals surface area contributed by atoms with E-state index in [0.717, 1.165) is 0 Å². The molecule has 0 aliphatic heterocycles. The molecule has 0 atom stereocenters. The van der Waals surface area contributed by atoms with E-state index >= 15 is 0 Å². The zero-order valence-electron chi connectivity index (χ0n) is 9.02. The Bertz CT molecular complexity index is 604. The van der Waals surface area contributed by atoms with Gasteiger partial charge in [0.2, 0.25) is 0 Å². The van der Waals surface area contributed by atoms with E-state index in [1.807, 2.05) is 0 Å². The Labute approximate surface area is 107 Å². The van der Waals surface area contributed by atoms with Crippen molar-refractivity contribution in [1.29, 1.82) is 0 Å². The first-order chi connectivity index (χ1) is 8.59. The van der Waals surface area contributed by atoms with Crippen LogP contribution in [-0.2, 0) is 0 Å². The van der Waals surface area contributed by atoms with Gasteiger partial charge >= 0.3 is 0 Å². The third-order valence-corrected chi connectivity index (χ3v) is 2.49. The molecule has 1 aromatic carbocycles. The van der Waals surface area contributed by atoms with Crippen LogP contribution in [0.25, 0.3) is 0 Å². The first kappa shape index (κ1) is 12.3. The molecule has 0 saturated heterocycles. The molecule has 1 amide bonds. The quantitative estimate of drug-likeness (QED) is 0.879. The lowest BCUT2D eigenvalue weighted by Crippen LogP contribution is -2.14. The number of amides is 1. The van der Waals surface area contributed by atoms with Gasteiger partial charge in [0.1, 0.15) is 5.75 Å². The van der Waals surface area contributed by atoms with Crippen molar-refractivity contribution in [2.45, 2.75) is 0 Å². The molecule has 0 saturated carbocycles. The number of benzene rings is 1. The molecule has 0 fully saturated rings. The maximum Gasteiger partial charge on any atom is 0.278 e. The molecule has 0 radical (unpaired) electrons.